The summed E-state index contributed by atoms with van der Waals surface area (Å²) in [5.74, 6) is -3.07. The minimum atomic E-state index is -1.20. The molecule has 0 aliphatic carbocycles. The number of aliphatic carboxylic acids is 2. The maximum Gasteiger partial charge on any atom is 0.317 e. The van der Waals surface area contributed by atoms with E-state index < -0.39 is 37.0 Å². The molecule has 1 rings (SSSR count). The Morgan fingerprint density at radius 2 is 1.75 bits per heavy atom. The molecule has 0 saturated carbocycles. The van der Waals surface area contributed by atoms with Crippen LogP contribution in [0.2, 0.25) is 0 Å². The van der Waals surface area contributed by atoms with Crippen molar-refractivity contribution in [3.63, 3.8) is 0 Å². The summed E-state index contributed by atoms with van der Waals surface area (Å²) in [4.78, 5) is 34.4. The van der Waals surface area contributed by atoms with Crippen molar-refractivity contribution in [3.05, 3.63) is 23.8 Å². The average Bonchev–Trinajstić information content (AvgIpc) is 2.48. The standard InChI is InChI=1S/C14H20N4O6/c15-4-10(16)14(24)17-9-1-2-11(19)8(3-9)5-18(6-12(20)21)7-13(22)23/h1-3,10,19H,4-7,15-16H2,(H,17,24)(H,20,21)(H,22,23). The molecule has 0 saturated heterocycles. The highest BCUT2D eigenvalue weighted by Gasteiger charge is 2.17. The van der Waals surface area contributed by atoms with Gasteiger partial charge in [-0.1, -0.05) is 0 Å². The summed E-state index contributed by atoms with van der Waals surface area (Å²) in [5.41, 5.74) is 11.4. The Labute approximate surface area is 137 Å². The fourth-order valence-corrected chi connectivity index (χ4v) is 1.92. The molecule has 132 valence electrons. The summed E-state index contributed by atoms with van der Waals surface area (Å²) in [6, 6.07) is 3.25. The van der Waals surface area contributed by atoms with E-state index in [1.165, 1.54) is 18.2 Å². The molecule has 0 aliphatic heterocycles. The Kier molecular flexibility index (Phi) is 7.11. The van der Waals surface area contributed by atoms with Gasteiger partial charge < -0.3 is 32.1 Å². The molecule has 1 atom stereocenters. The maximum absolute atomic E-state index is 11.7. The number of phenols is 1. The second kappa shape index (κ2) is 8.82. The number of aromatic hydroxyl groups is 1. The first-order valence-corrected chi connectivity index (χ1v) is 6.97. The SMILES string of the molecule is NCC(N)C(=O)Nc1ccc(O)c(CN(CC(=O)O)CC(=O)O)c1. The first kappa shape index (κ1) is 19.4. The van der Waals surface area contributed by atoms with Crippen LogP contribution in [0.25, 0.3) is 0 Å². The number of hydrogen-bond donors (Lipinski definition) is 6. The normalized spacial score (nSPS) is 12.0. The Morgan fingerprint density at radius 1 is 1.17 bits per heavy atom. The summed E-state index contributed by atoms with van der Waals surface area (Å²) < 4.78 is 0. The lowest BCUT2D eigenvalue weighted by molar-refractivity contribution is -0.142. The van der Waals surface area contributed by atoms with Crippen molar-refractivity contribution >= 4 is 23.5 Å². The predicted octanol–water partition coefficient (Wildman–Crippen LogP) is -1.41. The van der Waals surface area contributed by atoms with Crippen LogP contribution in [0.3, 0.4) is 0 Å². The number of carboxylic acids is 2. The fraction of sp³-hybridized carbons (Fsp3) is 0.357. The van der Waals surface area contributed by atoms with Crippen LogP contribution in [0.1, 0.15) is 5.56 Å². The molecule has 0 bridgehead atoms. The zero-order valence-corrected chi connectivity index (χ0v) is 12.8. The quantitative estimate of drug-likeness (QED) is 0.294. The molecule has 0 radical (unpaired) electrons. The molecular weight excluding hydrogens is 320 g/mol. The number of nitrogens with zero attached hydrogens (tertiary/aromatic N) is 1. The third kappa shape index (κ3) is 6.20. The summed E-state index contributed by atoms with van der Waals surface area (Å²) in [5, 5.41) is 30.0. The van der Waals surface area contributed by atoms with Crippen LogP contribution >= 0.6 is 0 Å². The lowest BCUT2D eigenvalue weighted by atomic mass is 10.1. The van der Waals surface area contributed by atoms with Crippen LogP contribution in [0.15, 0.2) is 18.2 Å². The Bertz CT molecular complexity index is 605. The number of anilines is 1. The first-order chi connectivity index (χ1) is 11.2. The topological polar surface area (TPSA) is 179 Å². The van der Waals surface area contributed by atoms with Gasteiger partial charge in [-0.25, -0.2) is 0 Å². The van der Waals surface area contributed by atoms with Gasteiger partial charge in [-0.3, -0.25) is 19.3 Å². The van der Waals surface area contributed by atoms with E-state index >= 15 is 0 Å². The molecule has 0 heterocycles. The number of amides is 1. The Hall–Kier alpha value is -2.69. The van der Waals surface area contributed by atoms with E-state index in [1.54, 1.807) is 0 Å². The molecule has 10 nitrogen and oxygen atoms in total. The monoisotopic (exact) mass is 340 g/mol. The van der Waals surface area contributed by atoms with Crippen molar-refractivity contribution < 1.29 is 29.7 Å². The summed E-state index contributed by atoms with van der Waals surface area (Å²) >= 11 is 0. The Balaban J connectivity index is 2.92. The van der Waals surface area contributed by atoms with Crippen molar-refractivity contribution in [3.8, 4) is 5.75 Å². The first-order valence-electron chi connectivity index (χ1n) is 6.97. The van der Waals surface area contributed by atoms with Crippen molar-refractivity contribution in [1.82, 2.24) is 4.90 Å². The molecule has 1 unspecified atom stereocenters. The third-order valence-electron chi connectivity index (χ3n) is 3.05. The second-order valence-corrected chi connectivity index (χ2v) is 5.11. The molecule has 1 aromatic rings. The van der Waals surface area contributed by atoms with Crippen LogP contribution in [0, 0.1) is 0 Å². The number of carbonyl (C=O) groups is 3. The highest BCUT2D eigenvalue weighted by Crippen LogP contribution is 2.23. The van der Waals surface area contributed by atoms with E-state index in [2.05, 4.69) is 5.32 Å². The number of nitrogens with two attached hydrogens (primary N) is 2. The van der Waals surface area contributed by atoms with Crippen LogP contribution in [-0.2, 0) is 20.9 Å². The van der Waals surface area contributed by atoms with E-state index in [4.69, 9.17) is 21.7 Å². The summed E-state index contributed by atoms with van der Waals surface area (Å²) in [6.07, 6.45) is 0. The van der Waals surface area contributed by atoms with Gasteiger partial charge in [0.25, 0.3) is 0 Å². The van der Waals surface area contributed by atoms with Gasteiger partial charge in [0, 0.05) is 24.3 Å². The number of nitrogens with one attached hydrogen (secondary N) is 1. The highest BCUT2D eigenvalue weighted by molar-refractivity contribution is 5.95. The van der Waals surface area contributed by atoms with Gasteiger partial charge in [0.1, 0.15) is 5.75 Å². The molecule has 0 aromatic heterocycles. The van der Waals surface area contributed by atoms with E-state index in [1.807, 2.05) is 0 Å². The van der Waals surface area contributed by atoms with Gasteiger partial charge in [-0.15, -0.1) is 0 Å². The molecule has 1 amide bonds. The zero-order chi connectivity index (χ0) is 18.3. The molecule has 1 aromatic carbocycles. The van der Waals surface area contributed by atoms with E-state index in [9.17, 15) is 19.5 Å². The van der Waals surface area contributed by atoms with Crippen molar-refractivity contribution in [1.29, 1.82) is 0 Å². The maximum atomic E-state index is 11.7. The van der Waals surface area contributed by atoms with Crippen LogP contribution in [-0.4, -0.2) is 63.7 Å². The number of carboxylic acid groups (broad SMARTS) is 2. The van der Waals surface area contributed by atoms with Gasteiger partial charge in [0.15, 0.2) is 0 Å². The largest absolute Gasteiger partial charge is 0.508 e. The predicted molar refractivity (Wildman–Crippen MR) is 84.3 cm³/mol. The molecule has 0 fully saturated rings. The van der Waals surface area contributed by atoms with Gasteiger partial charge in [0.05, 0.1) is 19.1 Å². The number of rotatable bonds is 9. The van der Waals surface area contributed by atoms with E-state index in [0.29, 0.717) is 5.69 Å². The van der Waals surface area contributed by atoms with Crippen LogP contribution in [0.5, 0.6) is 5.75 Å². The van der Waals surface area contributed by atoms with Crippen molar-refractivity contribution in [2.75, 3.05) is 25.0 Å². The number of hydrogen-bond acceptors (Lipinski definition) is 7. The number of carbonyl (C=O) groups excluding carboxylic acids is 1. The molecular formula is C14H20N4O6. The van der Waals surface area contributed by atoms with Gasteiger partial charge >= 0.3 is 11.9 Å². The zero-order valence-electron chi connectivity index (χ0n) is 12.8. The smallest absolute Gasteiger partial charge is 0.317 e. The fourth-order valence-electron chi connectivity index (χ4n) is 1.92. The lowest BCUT2D eigenvalue weighted by Gasteiger charge is -2.19. The van der Waals surface area contributed by atoms with Gasteiger partial charge in [-0.2, -0.15) is 0 Å². The lowest BCUT2D eigenvalue weighted by Crippen LogP contribution is -2.41. The number of phenolic OH excluding ortho intramolecular Hbond substituents is 1. The van der Waals surface area contributed by atoms with Gasteiger partial charge in [0.2, 0.25) is 5.91 Å². The van der Waals surface area contributed by atoms with Crippen molar-refractivity contribution in [2.45, 2.75) is 12.6 Å². The van der Waals surface area contributed by atoms with E-state index in [-0.39, 0.29) is 24.4 Å². The number of benzene rings is 1. The summed E-state index contributed by atoms with van der Waals surface area (Å²) in [7, 11) is 0. The van der Waals surface area contributed by atoms with E-state index in [0.717, 1.165) is 4.90 Å². The molecule has 0 spiro atoms. The average molecular weight is 340 g/mol. The molecule has 0 aliphatic rings. The minimum absolute atomic E-state index is 0.0399. The Morgan fingerprint density at radius 3 is 2.25 bits per heavy atom. The van der Waals surface area contributed by atoms with Crippen LogP contribution in [0.4, 0.5) is 5.69 Å². The summed E-state index contributed by atoms with van der Waals surface area (Å²) in [6.45, 7) is -1.19. The van der Waals surface area contributed by atoms with Crippen LogP contribution < -0.4 is 16.8 Å². The molecule has 24 heavy (non-hydrogen) atoms. The molecule has 10 heteroatoms. The second-order valence-electron chi connectivity index (χ2n) is 5.11. The highest BCUT2D eigenvalue weighted by atomic mass is 16.4. The molecule has 8 N–H and O–H groups in total. The van der Waals surface area contributed by atoms with Crippen molar-refractivity contribution in [2.24, 2.45) is 11.5 Å². The van der Waals surface area contributed by atoms with Gasteiger partial charge in [-0.05, 0) is 18.2 Å². The third-order valence-corrected chi connectivity index (χ3v) is 3.05. The minimum Gasteiger partial charge on any atom is -0.508 e.